The van der Waals surface area contributed by atoms with E-state index in [-0.39, 0.29) is 17.2 Å². The van der Waals surface area contributed by atoms with Gasteiger partial charge in [-0.15, -0.1) is 5.10 Å². The molecule has 0 amide bonds. The number of benzene rings is 2. The van der Waals surface area contributed by atoms with Gasteiger partial charge in [0.1, 0.15) is 11.4 Å². The Hall–Kier alpha value is -3.94. The van der Waals surface area contributed by atoms with Crippen molar-refractivity contribution in [3.05, 3.63) is 82.4 Å². The van der Waals surface area contributed by atoms with E-state index in [0.717, 1.165) is 11.3 Å². The van der Waals surface area contributed by atoms with Crippen molar-refractivity contribution in [3.63, 3.8) is 0 Å². The molecule has 0 fully saturated rings. The number of aromatic nitrogens is 5. The van der Waals surface area contributed by atoms with Crippen LogP contribution in [0, 0.1) is 0 Å². The molecule has 4 rings (SSSR count). The molecule has 2 aromatic carbocycles. The monoisotopic (exact) mass is 346 g/mol. The third-order valence-electron chi connectivity index (χ3n) is 3.88. The second-order valence-corrected chi connectivity index (χ2v) is 5.57. The summed E-state index contributed by atoms with van der Waals surface area (Å²) in [5.74, 6) is -0.302. The first-order chi connectivity index (χ1) is 12.6. The summed E-state index contributed by atoms with van der Waals surface area (Å²) < 4.78 is 1.57. The zero-order valence-corrected chi connectivity index (χ0v) is 13.5. The number of nitrogens with two attached hydrogens (primary N) is 1. The molecule has 0 radical (unpaired) electrons. The maximum absolute atomic E-state index is 12.7. The Morgan fingerprint density at radius 2 is 1.62 bits per heavy atom. The molecule has 0 aliphatic carbocycles. The number of hydrogen-bond acceptors (Lipinski definition) is 5. The molecule has 4 N–H and O–H groups in total. The fraction of sp³-hybridized carbons (Fsp3) is 0. The van der Waals surface area contributed by atoms with Crippen molar-refractivity contribution < 1.29 is 4.79 Å². The molecule has 0 bridgehead atoms. The van der Waals surface area contributed by atoms with Gasteiger partial charge in [-0.05, 0) is 12.1 Å². The van der Waals surface area contributed by atoms with E-state index in [2.05, 4.69) is 20.3 Å². The lowest BCUT2D eigenvalue weighted by Crippen LogP contribution is -2.16. The molecule has 0 aliphatic rings. The van der Waals surface area contributed by atoms with Crippen molar-refractivity contribution >= 4 is 11.6 Å². The van der Waals surface area contributed by atoms with Gasteiger partial charge in [-0.2, -0.15) is 0 Å². The topological polar surface area (TPSA) is 122 Å². The van der Waals surface area contributed by atoms with Crippen LogP contribution >= 0.6 is 0 Å². The quantitative estimate of drug-likeness (QED) is 0.486. The number of aromatic amines is 2. The fourth-order valence-electron chi connectivity index (χ4n) is 2.64. The van der Waals surface area contributed by atoms with Crippen LogP contribution in [0.3, 0.4) is 0 Å². The highest BCUT2D eigenvalue weighted by atomic mass is 16.1. The number of para-hydroxylation sites is 1. The third kappa shape index (κ3) is 2.59. The lowest BCUT2D eigenvalue weighted by atomic mass is 10.2. The van der Waals surface area contributed by atoms with Gasteiger partial charge in [0.15, 0.2) is 5.82 Å². The molecular weight excluding hydrogens is 332 g/mol. The van der Waals surface area contributed by atoms with Crippen LogP contribution in [0.2, 0.25) is 0 Å². The lowest BCUT2D eigenvalue weighted by molar-refractivity contribution is 0.102. The largest absolute Gasteiger partial charge is 0.383 e. The fourth-order valence-corrected chi connectivity index (χ4v) is 2.64. The number of hydrogen-bond donors (Lipinski definition) is 3. The molecule has 0 atom stereocenters. The van der Waals surface area contributed by atoms with E-state index in [1.54, 1.807) is 4.68 Å². The standard InChI is InChI=1S/C18H14N6O2/c19-15-13(18(26)22-21-15)14(25)16-20-17(11-7-3-1-4-8-11)24(23-16)12-9-5-2-6-10-12/h1-10H,(H4,19,21,22,26). The Morgan fingerprint density at radius 1 is 0.962 bits per heavy atom. The predicted octanol–water partition coefficient (Wildman–Crippen LogP) is 1.76. The molecule has 2 aromatic heterocycles. The Labute approximate surface area is 147 Å². The number of nitrogens with one attached hydrogen (secondary N) is 2. The average Bonchev–Trinajstić information content (AvgIpc) is 3.27. The average molecular weight is 346 g/mol. The van der Waals surface area contributed by atoms with Crippen molar-refractivity contribution in [1.82, 2.24) is 25.0 Å². The van der Waals surface area contributed by atoms with Crippen molar-refractivity contribution in [2.45, 2.75) is 0 Å². The Morgan fingerprint density at radius 3 is 2.23 bits per heavy atom. The summed E-state index contributed by atoms with van der Waals surface area (Å²) in [6.45, 7) is 0. The van der Waals surface area contributed by atoms with Crippen LogP contribution in [-0.4, -0.2) is 30.7 Å². The summed E-state index contributed by atoms with van der Waals surface area (Å²) in [6.07, 6.45) is 0. The van der Waals surface area contributed by atoms with E-state index >= 15 is 0 Å². The predicted molar refractivity (Wildman–Crippen MR) is 96.1 cm³/mol. The minimum absolute atomic E-state index is 0.0441. The molecule has 8 heteroatoms. The van der Waals surface area contributed by atoms with Crippen LogP contribution in [0.15, 0.2) is 65.5 Å². The van der Waals surface area contributed by atoms with Crippen LogP contribution < -0.4 is 11.3 Å². The van der Waals surface area contributed by atoms with E-state index < -0.39 is 11.3 Å². The van der Waals surface area contributed by atoms with E-state index in [0.29, 0.717) is 5.82 Å². The first kappa shape index (κ1) is 15.6. The van der Waals surface area contributed by atoms with E-state index in [1.165, 1.54) is 0 Å². The molecule has 8 nitrogen and oxygen atoms in total. The van der Waals surface area contributed by atoms with Crippen LogP contribution in [0.4, 0.5) is 5.82 Å². The smallest absolute Gasteiger partial charge is 0.277 e. The zero-order valence-electron chi connectivity index (χ0n) is 13.5. The molecule has 0 unspecified atom stereocenters. The van der Waals surface area contributed by atoms with Gasteiger partial charge in [0, 0.05) is 5.56 Å². The molecule has 0 saturated carbocycles. The summed E-state index contributed by atoms with van der Waals surface area (Å²) in [6, 6.07) is 18.7. The van der Waals surface area contributed by atoms with Crippen LogP contribution in [0.25, 0.3) is 17.1 Å². The van der Waals surface area contributed by atoms with Gasteiger partial charge in [0.05, 0.1) is 5.69 Å². The van der Waals surface area contributed by atoms with Crippen molar-refractivity contribution in [3.8, 4) is 17.1 Å². The molecule has 128 valence electrons. The second kappa shape index (κ2) is 6.17. The van der Waals surface area contributed by atoms with Crippen molar-refractivity contribution in [2.75, 3.05) is 5.73 Å². The first-order valence-electron chi connectivity index (χ1n) is 7.84. The second-order valence-electron chi connectivity index (χ2n) is 5.57. The first-order valence-corrected chi connectivity index (χ1v) is 7.84. The molecular formula is C18H14N6O2. The Balaban J connectivity index is 1.89. The number of carbonyl (C=O) groups is 1. The van der Waals surface area contributed by atoms with E-state index in [4.69, 9.17) is 5.73 Å². The number of carbonyl (C=O) groups excluding carboxylic acids is 1. The maximum atomic E-state index is 12.7. The highest BCUT2D eigenvalue weighted by molar-refractivity contribution is 6.09. The number of anilines is 1. The van der Waals surface area contributed by atoms with Gasteiger partial charge in [0.2, 0.25) is 11.6 Å². The number of H-pyrrole nitrogens is 2. The molecule has 0 aliphatic heterocycles. The third-order valence-corrected chi connectivity index (χ3v) is 3.88. The molecule has 26 heavy (non-hydrogen) atoms. The van der Waals surface area contributed by atoms with Gasteiger partial charge in [-0.1, -0.05) is 48.5 Å². The SMILES string of the molecule is Nc1[nH][nH]c(=O)c1C(=O)c1nc(-c2ccccc2)n(-c2ccccc2)n1. The minimum Gasteiger partial charge on any atom is -0.383 e. The summed E-state index contributed by atoms with van der Waals surface area (Å²) in [7, 11) is 0. The molecule has 0 saturated heterocycles. The normalized spacial score (nSPS) is 10.8. The van der Waals surface area contributed by atoms with E-state index in [1.807, 2.05) is 60.7 Å². The molecule has 0 spiro atoms. The van der Waals surface area contributed by atoms with Crippen molar-refractivity contribution in [1.29, 1.82) is 0 Å². The van der Waals surface area contributed by atoms with Crippen LogP contribution in [0.5, 0.6) is 0 Å². The number of nitrogens with zero attached hydrogens (tertiary/aromatic N) is 3. The Kier molecular flexibility index (Phi) is 3.70. The maximum Gasteiger partial charge on any atom is 0.277 e. The Bertz CT molecular complexity index is 1070. The van der Waals surface area contributed by atoms with Gasteiger partial charge in [-0.3, -0.25) is 19.8 Å². The summed E-state index contributed by atoms with van der Waals surface area (Å²) >= 11 is 0. The minimum atomic E-state index is -0.642. The number of rotatable bonds is 4. The molecule has 4 aromatic rings. The number of nitrogen functional groups attached to an aromatic ring is 1. The highest BCUT2D eigenvalue weighted by Crippen LogP contribution is 2.22. The van der Waals surface area contributed by atoms with Crippen LogP contribution in [0.1, 0.15) is 16.2 Å². The molecule has 2 heterocycles. The van der Waals surface area contributed by atoms with E-state index in [9.17, 15) is 9.59 Å². The summed E-state index contributed by atoms with van der Waals surface area (Å²) in [5.41, 5.74) is 6.41. The lowest BCUT2D eigenvalue weighted by Gasteiger charge is -2.05. The number of ketones is 1. The van der Waals surface area contributed by atoms with Gasteiger partial charge in [-0.25, -0.2) is 9.67 Å². The highest BCUT2D eigenvalue weighted by Gasteiger charge is 2.24. The summed E-state index contributed by atoms with van der Waals surface area (Å²) in [5, 5.41) is 9.04. The van der Waals surface area contributed by atoms with Crippen LogP contribution in [-0.2, 0) is 0 Å². The van der Waals surface area contributed by atoms with Gasteiger partial charge < -0.3 is 5.73 Å². The summed E-state index contributed by atoms with van der Waals surface area (Å²) in [4.78, 5) is 28.9. The zero-order chi connectivity index (χ0) is 18.1. The van der Waals surface area contributed by atoms with Gasteiger partial charge >= 0.3 is 0 Å². The van der Waals surface area contributed by atoms with Crippen molar-refractivity contribution in [2.24, 2.45) is 0 Å². The van der Waals surface area contributed by atoms with Gasteiger partial charge in [0.25, 0.3) is 5.56 Å².